The molecule has 0 aliphatic carbocycles. The van der Waals surface area contributed by atoms with Gasteiger partial charge in [0.1, 0.15) is 17.0 Å². The molecule has 8 nitrogen and oxygen atoms in total. The Morgan fingerprint density at radius 2 is 1.97 bits per heavy atom. The van der Waals surface area contributed by atoms with Gasteiger partial charge in [-0.25, -0.2) is 9.79 Å². The topological polar surface area (TPSA) is 128 Å². The summed E-state index contributed by atoms with van der Waals surface area (Å²) in [5, 5.41) is 24.0. The molecule has 0 saturated carbocycles. The van der Waals surface area contributed by atoms with Crippen molar-refractivity contribution in [2.45, 2.75) is 19.9 Å². The second-order valence-electron chi connectivity index (χ2n) is 7.98. The lowest BCUT2D eigenvalue weighted by Crippen LogP contribution is -2.15. The molecule has 0 saturated heterocycles. The molecule has 4 N–H and O–H groups in total. The number of carbonyl (C=O) groups is 1. The number of carboxylic acid groups (broad SMARTS) is 1. The van der Waals surface area contributed by atoms with E-state index in [1.54, 1.807) is 49.7 Å². The number of fused-ring (bicyclic) bond motifs is 1. The highest BCUT2D eigenvalue weighted by molar-refractivity contribution is 6.19. The number of aliphatic imine (C=N–C) groups is 1. The number of rotatable bonds is 6. The van der Waals surface area contributed by atoms with Gasteiger partial charge in [-0.1, -0.05) is 18.2 Å². The van der Waals surface area contributed by atoms with Crippen molar-refractivity contribution in [3.8, 4) is 0 Å². The van der Waals surface area contributed by atoms with Crippen molar-refractivity contribution in [3.05, 3.63) is 99.2 Å². The van der Waals surface area contributed by atoms with Gasteiger partial charge in [-0.2, -0.15) is 0 Å². The molecule has 1 unspecified atom stereocenters. The van der Waals surface area contributed by atoms with Gasteiger partial charge in [-0.05, 0) is 49.8 Å². The maximum absolute atomic E-state index is 13.0. The molecule has 172 valence electrons. The minimum atomic E-state index is -1.03. The van der Waals surface area contributed by atoms with Gasteiger partial charge < -0.3 is 20.2 Å². The lowest BCUT2D eigenvalue weighted by molar-refractivity contribution is 0.0698. The van der Waals surface area contributed by atoms with Crippen molar-refractivity contribution in [3.63, 3.8) is 0 Å². The highest BCUT2D eigenvalue weighted by Gasteiger charge is 2.20. The molecule has 1 atom stereocenters. The predicted octanol–water partition coefficient (Wildman–Crippen LogP) is 4.41. The number of aryl methyl sites for hydroxylation is 1. The first kappa shape index (κ1) is 22.7. The Labute approximate surface area is 195 Å². The zero-order chi connectivity index (χ0) is 24.4. The van der Waals surface area contributed by atoms with Gasteiger partial charge in [0, 0.05) is 30.6 Å². The molecule has 1 aromatic heterocycles. The SMILES string of the molecule is CN/C=C1/N=C(c2cc(=O)c3cc(C)cc(C(C)Nc4ccccc4C(=O)O)c3o2)C=CC1=N. The number of nitrogens with zero attached hydrogens (tertiary/aromatic N) is 1. The molecule has 0 amide bonds. The third-order valence-electron chi connectivity index (χ3n) is 5.46. The highest BCUT2D eigenvalue weighted by Crippen LogP contribution is 2.29. The van der Waals surface area contributed by atoms with E-state index in [2.05, 4.69) is 15.6 Å². The minimum absolute atomic E-state index is 0.154. The number of para-hydroxylation sites is 1. The number of hydrogen-bond donors (Lipinski definition) is 4. The standard InChI is InChI=1S/C26H24N4O4/c1-14-10-17(15(2)29-20-7-5-4-6-16(20)26(32)33)25-18(11-14)23(31)12-24(34-25)21-9-8-19(27)22(30-21)13-28-3/h4-13,15,27-29H,1-3H3,(H,32,33)/b22-13+,27-19?. The molecule has 1 aliphatic rings. The summed E-state index contributed by atoms with van der Waals surface area (Å²) in [5.74, 6) is -0.747. The first-order valence-corrected chi connectivity index (χ1v) is 10.7. The van der Waals surface area contributed by atoms with Crippen LogP contribution in [0, 0.1) is 12.3 Å². The van der Waals surface area contributed by atoms with Crippen molar-refractivity contribution in [1.82, 2.24) is 5.32 Å². The van der Waals surface area contributed by atoms with Crippen molar-refractivity contribution in [2.24, 2.45) is 4.99 Å². The third kappa shape index (κ3) is 4.38. The van der Waals surface area contributed by atoms with E-state index in [0.29, 0.717) is 33.6 Å². The molecule has 4 rings (SSSR count). The molecule has 1 aliphatic heterocycles. The Hall–Kier alpha value is -4.46. The lowest BCUT2D eigenvalue weighted by atomic mass is 10.00. The molecular formula is C26H24N4O4. The molecule has 0 bridgehead atoms. The van der Waals surface area contributed by atoms with E-state index in [1.807, 2.05) is 19.9 Å². The lowest BCUT2D eigenvalue weighted by Gasteiger charge is -2.19. The van der Waals surface area contributed by atoms with Crippen LogP contribution in [0.25, 0.3) is 11.0 Å². The van der Waals surface area contributed by atoms with Gasteiger partial charge in [0.2, 0.25) is 0 Å². The van der Waals surface area contributed by atoms with Crippen molar-refractivity contribution < 1.29 is 14.3 Å². The second-order valence-corrected chi connectivity index (χ2v) is 7.98. The van der Waals surface area contributed by atoms with Crippen LogP contribution in [0.2, 0.25) is 0 Å². The maximum atomic E-state index is 13.0. The molecule has 8 heteroatoms. The quantitative estimate of drug-likeness (QED) is 0.435. The maximum Gasteiger partial charge on any atom is 0.337 e. The van der Waals surface area contributed by atoms with Gasteiger partial charge in [0.25, 0.3) is 0 Å². The van der Waals surface area contributed by atoms with Crippen LogP contribution in [0.1, 0.15) is 40.2 Å². The Morgan fingerprint density at radius 3 is 2.71 bits per heavy atom. The first-order chi connectivity index (χ1) is 16.3. The van der Waals surface area contributed by atoms with Gasteiger partial charge in [-0.15, -0.1) is 0 Å². The number of dihydropyridines is 1. The van der Waals surface area contributed by atoms with E-state index in [4.69, 9.17) is 9.83 Å². The average Bonchev–Trinajstić information content (AvgIpc) is 2.80. The summed E-state index contributed by atoms with van der Waals surface area (Å²) >= 11 is 0. The fourth-order valence-electron chi connectivity index (χ4n) is 3.85. The van der Waals surface area contributed by atoms with Gasteiger partial charge >= 0.3 is 5.97 Å². The van der Waals surface area contributed by atoms with Crippen LogP contribution in [0.3, 0.4) is 0 Å². The predicted molar refractivity (Wildman–Crippen MR) is 133 cm³/mol. The third-order valence-corrected chi connectivity index (χ3v) is 5.46. The van der Waals surface area contributed by atoms with Gasteiger partial charge in [0.05, 0.1) is 22.7 Å². The Kier molecular flexibility index (Phi) is 6.14. The Morgan fingerprint density at radius 1 is 1.21 bits per heavy atom. The number of allylic oxidation sites excluding steroid dienone is 2. The van der Waals surface area contributed by atoms with E-state index in [1.165, 1.54) is 12.1 Å². The number of benzene rings is 2. The molecule has 2 aromatic carbocycles. The van der Waals surface area contributed by atoms with E-state index in [9.17, 15) is 14.7 Å². The van der Waals surface area contributed by atoms with Crippen LogP contribution in [0.4, 0.5) is 5.69 Å². The normalized spacial score (nSPS) is 15.3. The van der Waals surface area contributed by atoms with Crippen LogP contribution in [0.15, 0.2) is 80.7 Å². The van der Waals surface area contributed by atoms with Crippen molar-refractivity contribution in [2.75, 3.05) is 12.4 Å². The summed E-state index contributed by atoms with van der Waals surface area (Å²) in [5.41, 5.74) is 3.50. The zero-order valence-corrected chi connectivity index (χ0v) is 19.0. The molecule has 0 spiro atoms. The summed E-state index contributed by atoms with van der Waals surface area (Å²) in [6.45, 7) is 3.77. The molecule has 3 aromatic rings. The summed E-state index contributed by atoms with van der Waals surface area (Å²) in [4.78, 5) is 29.1. The molecule has 34 heavy (non-hydrogen) atoms. The number of nitrogens with one attached hydrogen (secondary N) is 3. The fraction of sp³-hybridized carbons (Fsp3) is 0.154. The Bertz CT molecular complexity index is 1460. The van der Waals surface area contributed by atoms with Crippen LogP contribution >= 0.6 is 0 Å². The van der Waals surface area contributed by atoms with E-state index < -0.39 is 5.97 Å². The molecule has 0 fully saturated rings. The van der Waals surface area contributed by atoms with Gasteiger partial charge in [0.15, 0.2) is 11.2 Å². The fourth-order valence-corrected chi connectivity index (χ4v) is 3.85. The van der Waals surface area contributed by atoms with Crippen LogP contribution in [0.5, 0.6) is 0 Å². The highest BCUT2D eigenvalue weighted by atomic mass is 16.4. The summed E-state index contributed by atoms with van der Waals surface area (Å²) in [6, 6.07) is 11.4. The van der Waals surface area contributed by atoms with E-state index in [-0.39, 0.29) is 28.5 Å². The monoisotopic (exact) mass is 456 g/mol. The average molecular weight is 457 g/mol. The summed E-state index contributed by atoms with van der Waals surface area (Å²) in [6.07, 6.45) is 4.84. The molecular weight excluding hydrogens is 432 g/mol. The van der Waals surface area contributed by atoms with Gasteiger partial charge in [-0.3, -0.25) is 10.2 Å². The summed E-state index contributed by atoms with van der Waals surface area (Å²) in [7, 11) is 1.72. The number of anilines is 1. The smallest absolute Gasteiger partial charge is 0.337 e. The minimum Gasteiger partial charge on any atom is -0.478 e. The van der Waals surface area contributed by atoms with Crippen LogP contribution in [-0.2, 0) is 0 Å². The number of aromatic carboxylic acids is 1. The molecule has 0 radical (unpaired) electrons. The van der Waals surface area contributed by atoms with Crippen molar-refractivity contribution in [1.29, 1.82) is 5.41 Å². The van der Waals surface area contributed by atoms with Crippen LogP contribution in [-0.4, -0.2) is 29.5 Å². The number of hydrogen-bond acceptors (Lipinski definition) is 7. The molecule has 2 heterocycles. The largest absolute Gasteiger partial charge is 0.478 e. The number of carboxylic acids is 1. The van der Waals surface area contributed by atoms with Crippen molar-refractivity contribution >= 4 is 34.0 Å². The van der Waals surface area contributed by atoms with E-state index in [0.717, 1.165) is 5.56 Å². The van der Waals surface area contributed by atoms with E-state index >= 15 is 0 Å². The zero-order valence-electron chi connectivity index (χ0n) is 19.0. The Balaban J connectivity index is 1.83. The first-order valence-electron chi connectivity index (χ1n) is 10.7. The second kappa shape index (κ2) is 9.19. The summed E-state index contributed by atoms with van der Waals surface area (Å²) < 4.78 is 6.21. The van der Waals surface area contributed by atoms with Crippen LogP contribution < -0.4 is 16.1 Å².